The Balaban J connectivity index is 1.32. The minimum absolute atomic E-state index is 0.427. The van der Waals surface area contributed by atoms with Crippen LogP contribution >= 0.6 is 0 Å². The second-order valence-electron chi connectivity index (χ2n) is 9.79. The van der Waals surface area contributed by atoms with E-state index in [0.717, 1.165) is 6.42 Å². The van der Waals surface area contributed by atoms with E-state index in [1.807, 2.05) is 0 Å². The summed E-state index contributed by atoms with van der Waals surface area (Å²) in [5, 5.41) is 0. The van der Waals surface area contributed by atoms with Gasteiger partial charge in [-0.15, -0.1) is 0 Å². The number of benzene rings is 5. The molecule has 1 atom stereocenters. The van der Waals surface area contributed by atoms with E-state index in [1.54, 1.807) is 0 Å². The summed E-state index contributed by atoms with van der Waals surface area (Å²) in [7, 11) is 0. The van der Waals surface area contributed by atoms with Crippen LogP contribution in [0.2, 0.25) is 0 Å². The molecule has 0 aromatic heterocycles. The van der Waals surface area contributed by atoms with Crippen molar-refractivity contribution >= 4 is 5.57 Å². The molecule has 5 aromatic rings. The Morgan fingerprint density at radius 3 is 0.972 bits per heavy atom. The van der Waals surface area contributed by atoms with Crippen molar-refractivity contribution in [3.63, 3.8) is 0 Å². The zero-order valence-electron chi connectivity index (χ0n) is 20.1. The molecule has 17 aliphatic rings. The molecule has 0 spiro atoms. The van der Waals surface area contributed by atoms with E-state index in [2.05, 4.69) is 140 Å². The first-order valence-electron chi connectivity index (χ1n) is 12.7. The third kappa shape index (κ3) is 3.82. The molecule has 0 nitrogen and oxygen atoms in total. The van der Waals surface area contributed by atoms with Gasteiger partial charge in [-0.1, -0.05) is 140 Å². The molecule has 36 heavy (non-hydrogen) atoms. The highest BCUT2D eigenvalue weighted by atomic mass is 14.2. The predicted molar refractivity (Wildman–Crippen MR) is 153 cm³/mol. The summed E-state index contributed by atoms with van der Waals surface area (Å²) in [6, 6.07) is 44.8. The molecule has 17 aliphatic carbocycles. The van der Waals surface area contributed by atoms with Crippen LogP contribution in [0.3, 0.4) is 0 Å². The van der Waals surface area contributed by atoms with E-state index in [0.29, 0.717) is 5.92 Å². The Morgan fingerprint density at radius 2 is 0.667 bits per heavy atom. The highest BCUT2D eigenvalue weighted by Crippen LogP contribution is 2.34. The van der Waals surface area contributed by atoms with E-state index >= 15 is 0 Å². The van der Waals surface area contributed by atoms with Crippen molar-refractivity contribution in [2.75, 3.05) is 0 Å². The number of allylic oxidation sites excluding steroid dienone is 4. The summed E-state index contributed by atoms with van der Waals surface area (Å²) >= 11 is 0. The van der Waals surface area contributed by atoms with Crippen LogP contribution in [-0.2, 0) is 0 Å². The lowest BCUT2D eigenvalue weighted by Gasteiger charge is -2.18. The maximum Gasteiger partial charge on any atom is 0.00561 e. The van der Waals surface area contributed by atoms with Crippen molar-refractivity contribution in [3.05, 3.63) is 151 Å². The third-order valence-corrected chi connectivity index (χ3v) is 7.64. The highest BCUT2D eigenvalue weighted by Gasteiger charge is 2.13. The molecule has 0 amide bonds. The largest absolute Gasteiger partial charge is 0.0761 e. The first kappa shape index (κ1) is 20.9. The van der Waals surface area contributed by atoms with Gasteiger partial charge in [0.1, 0.15) is 0 Å². The van der Waals surface area contributed by atoms with E-state index in [1.165, 1.54) is 61.2 Å². The monoisotopic (exact) mass is 458 g/mol. The van der Waals surface area contributed by atoms with Crippen molar-refractivity contribution in [2.24, 2.45) is 0 Å². The minimum Gasteiger partial charge on any atom is -0.0761 e. The second kappa shape index (κ2) is 8.66. The normalized spacial score (nSPS) is 15.4. The Labute approximate surface area is 212 Å². The first-order chi connectivity index (χ1) is 17.8. The van der Waals surface area contributed by atoms with E-state index in [4.69, 9.17) is 0 Å². The van der Waals surface area contributed by atoms with Gasteiger partial charge in [0.25, 0.3) is 0 Å². The summed E-state index contributed by atoms with van der Waals surface area (Å²) < 4.78 is 0. The van der Waals surface area contributed by atoms with Crippen LogP contribution in [0.25, 0.3) is 50.1 Å². The molecule has 0 aliphatic heterocycles. The van der Waals surface area contributed by atoms with Crippen LogP contribution in [0.15, 0.2) is 140 Å². The molecule has 12 bridgehead atoms. The Kier molecular flexibility index (Phi) is 5.03. The molecule has 0 heteroatoms. The van der Waals surface area contributed by atoms with Gasteiger partial charge in [-0.25, -0.2) is 0 Å². The molecule has 0 saturated heterocycles. The second-order valence-corrected chi connectivity index (χ2v) is 9.79. The van der Waals surface area contributed by atoms with E-state index < -0.39 is 0 Å². The molecule has 170 valence electrons. The summed E-state index contributed by atoms with van der Waals surface area (Å²) in [5.74, 6) is 0.427. The molecule has 0 saturated carbocycles. The summed E-state index contributed by atoms with van der Waals surface area (Å²) in [5.41, 5.74) is 13.9. The van der Waals surface area contributed by atoms with Crippen molar-refractivity contribution in [1.82, 2.24) is 0 Å². The van der Waals surface area contributed by atoms with Crippen LogP contribution in [-0.4, -0.2) is 0 Å². The van der Waals surface area contributed by atoms with Crippen LogP contribution in [0.1, 0.15) is 23.5 Å². The average molecular weight is 459 g/mol. The first-order valence-corrected chi connectivity index (χ1v) is 12.7. The van der Waals surface area contributed by atoms with Crippen molar-refractivity contribution < 1.29 is 0 Å². The molecular formula is C36H26. The van der Waals surface area contributed by atoms with Gasteiger partial charge in [0, 0.05) is 5.92 Å². The molecule has 0 N–H and O–H groups in total. The lowest BCUT2D eigenvalue weighted by Crippen LogP contribution is -1.98. The number of hydrogen-bond acceptors (Lipinski definition) is 0. The molecule has 0 fully saturated rings. The Bertz CT molecular complexity index is 1580. The Hall–Kier alpha value is -4.42. The number of rotatable bonds is 0. The van der Waals surface area contributed by atoms with Crippen molar-refractivity contribution in [2.45, 2.75) is 12.3 Å². The fraction of sp³-hybridized carbons (Fsp3) is 0.0556. The summed E-state index contributed by atoms with van der Waals surface area (Å²) in [6.45, 7) is 0. The van der Waals surface area contributed by atoms with Gasteiger partial charge in [0.05, 0.1) is 0 Å². The van der Waals surface area contributed by atoms with Gasteiger partial charge in [0.15, 0.2) is 0 Å². The summed E-state index contributed by atoms with van der Waals surface area (Å²) in [6.07, 6.45) is 8.05. The van der Waals surface area contributed by atoms with Gasteiger partial charge >= 0.3 is 0 Å². The quantitative estimate of drug-likeness (QED) is 0.217. The third-order valence-electron chi connectivity index (χ3n) is 7.64. The average Bonchev–Trinajstić information content (AvgIpc) is 2.97. The summed E-state index contributed by atoms with van der Waals surface area (Å²) in [4.78, 5) is 0. The maximum absolute atomic E-state index is 2.38. The fourth-order valence-corrected chi connectivity index (χ4v) is 5.42. The van der Waals surface area contributed by atoms with Gasteiger partial charge in [-0.05, 0) is 67.6 Å². The highest BCUT2D eigenvalue weighted by molar-refractivity contribution is 5.79. The van der Waals surface area contributed by atoms with Crippen LogP contribution < -0.4 is 0 Å². The van der Waals surface area contributed by atoms with Gasteiger partial charge in [0.2, 0.25) is 0 Å². The van der Waals surface area contributed by atoms with Crippen LogP contribution in [0, 0.1) is 0 Å². The minimum atomic E-state index is 0.427. The molecule has 22 rings (SSSR count). The van der Waals surface area contributed by atoms with E-state index in [-0.39, 0.29) is 0 Å². The maximum atomic E-state index is 2.38. The number of hydrogen-bond donors (Lipinski definition) is 0. The molecule has 5 aromatic carbocycles. The lowest BCUT2D eigenvalue weighted by molar-refractivity contribution is 0.857. The zero-order valence-corrected chi connectivity index (χ0v) is 20.1. The SMILES string of the molecule is C1=C[C@H]2CC=C1c1ccc(cc1)-c1ccc(cc1)-c1ccc(cc1)-c1ccc(cc1)-c1ccc2cc1. The van der Waals surface area contributed by atoms with Crippen LogP contribution in [0.4, 0.5) is 0 Å². The van der Waals surface area contributed by atoms with Crippen molar-refractivity contribution in [3.8, 4) is 44.5 Å². The zero-order chi connectivity index (χ0) is 23.9. The molecular weight excluding hydrogens is 432 g/mol. The molecule has 0 heterocycles. The van der Waals surface area contributed by atoms with Gasteiger partial charge in [-0.3, -0.25) is 0 Å². The van der Waals surface area contributed by atoms with Crippen molar-refractivity contribution in [1.29, 1.82) is 0 Å². The Morgan fingerprint density at radius 1 is 0.361 bits per heavy atom. The standard InChI is InChI=1S/C36H26/c1-2-26-4-3-25(1)27-5-7-29(8-6-27)31-13-15-33(16-14-31)35-21-23-36(24-22-35)34-19-17-32(18-20-34)30-11-9-28(26)10-12-30/h1-23,36H,24H2/t36-/m0/s1. The predicted octanol–water partition coefficient (Wildman–Crippen LogP) is 9.80. The van der Waals surface area contributed by atoms with Gasteiger partial charge < -0.3 is 0 Å². The van der Waals surface area contributed by atoms with E-state index in [9.17, 15) is 0 Å². The topological polar surface area (TPSA) is 0 Å². The van der Waals surface area contributed by atoms with Gasteiger partial charge in [-0.2, -0.15) is 0 Å². The lowest BCUT2D eigenvalue weighted by atomic mass is 9.87. The molecule has 0 radical (unpaired) electrons. The smallest absolute Gasteiger partial charge is 0.00561 e. The molecule has 0 unspecified atom stereocenters. The van der Waals surface area contributed by atoms with Crippen LogP contribution in [0.5, 0.6) is 0 Å². The fourth-order valence-electron chi connectivity index (χ4n) is 5.42.